The van der Waals surface area contributed by atoms with E-state index in [4.69, 9.17) is 5.11 Å². The lowest BCUT2D eigenvalue weighted by atomic mass is 10.2. The van der Waals surface area contributed by atoms with Crippen LogP contribution >= 0.6 is 0 Å². The van der Waals surface area contributed by atoms with Crippen molar-refractivity contribution in [3.8, 4) is 5.69 Å². The summed E-state index contributed by atoms with van der Waals surface area (Å²) in [6, 6.07) is 2.05. The van der Waals surface area contributed by atoms with Gasteiger partial charge in [-0.05, 0) is 25.5 Å². The van der Waals surface area contributed by atoms with E-state index in [2.05, 4.69) is 5.10 Å². The third-order valence-electron chi connectivity index (χ3n) is 2.83. The number of carboxylic acid groups (broad SMARTS) is 1. The predicted molar refractivity (Wildman–Crippen MR) is 66.6 cm³/mol. The van der Waals surface area contributed by atoms with Crippen LogP contribution < -0.4 is 0 Å². The number of hydrogen-bond donors (Lipinski definition) is 1. The molecule has 8 heteroatoms. The van der Waals surface area contributed by atoms with Crippen molar-refractivity contribution in [2.24, 2.45) is 0 Å². The molecule has 0 spiro atoms. The van der Waals surface area contributed by atoms with Crippen LogP contribution in [0.5, 0.6) is 0 Å². The Bertz CT molecular complexity index is 724. The molecule has 1 N–H and O–H groups in total. The Morgan fingerprint density at radius 3 is 2.60 bits per heavy atom. The van der Waals surface area contributed by atoms with Gasteiger partial charge < -0.3 is 5.11 Å². The lowest BCUT2D eigenvalue weighted by molar-refractivity contribution is -0.384. The molecule has 0 aliphatic carbocycles. The van der Waals surface area contributed by atoms with E-state index in [-0.39, 0.29) is 22.5 Å². The maximum atomic E-state index is 13.4. The van der Waals surface area contributed by atoms with E-state index in [1.54, 1.807) is 0 Å². The fourth-order valence-corrected chi connectivity index (χ4v) is 1.78. The molecule has 0 fully saturated rings. The molecule has 7 nitrogen and oxygen atoms in total. The van der Waals surface area contributed by atoms with Crippen LogP contribution in [0.4, 0.5) is 10.1 Å². The number of aromatic nitrogens is 2. The van der Waals surface area contributed by atoms with Crippen LogP contribution in [0.15, 0.2) is 18.3 Å². The third kappa shape index (κ3) is 2.22. The first kappa shape index (κ1) is 13.7. The van der Waals surface area contributed by atoms with Crippen molar-refractivity contribution in [2.45, 2.75) is 13.8 Å². The number of halogens is 1. The molecule has 0 aliphatic heterocycles. The number of carbonyl (C=O) groups is 1. The van der Waals surface area contributed by atoms with Gasteiger partial charge in [-0.2, -0.15) is 5.10 Å². The van der Waals surface area contributed by atoms with Gasteiger partial charge in [0.1, 0.15) is 17.1 Å². The fourth-order valence-electron chi connectivity index (χ4n) is 1.78. The lowest BCUT2D eigenvalue weighted by Crippen LogP contribution is -2.03. The largest absolute Gasteiger partial charge is 0.478 e. The van der Waals surface area contributed by atoms with Crippen molar-refractivity contribution >= 4 is 11.7 Å². The van der Waals surface area contributed by atoms with Crippen LogP contribution in [0.1, 0.15) is 21.6 Å². The summed E-state index contributed by atoms with van der Waals surface area (Å²) < 4.78 is 14.5. The Hall–Kier alpha value is -2.77. The number of benzene rings is 1. The summed E-state index contributed by atoms with van der Waals surface area (Å²) >= 11 is 0. The zero-order valence-electron chi connectivity index (χ0n) is 10.6. The Morgan fingerprint density at radius 1 is 1.45 bits per heavy atom. The van der Waals surface area contributed by atoms with Crippen molar-refractivity contribution in [1.82, 2.24) is 9.78 Å². The Morgan fingerprint density at radius 2 is 2.10 bits per heavy atom. The summed E-state index contributed by atoms with van der Waals surface area (Å²) in [7, 11) is 0. The minimum absolute atomic E-state index is 0.0181. The average Bonchev–Trinajstić information content (AvgIpc) is 2.74. The van der Waals surface area contributed by atoms with Crippen LogP contribution in [-0.4, -0.2) is 25.8 Å². The van der Waals surface area contributed by atoms with Crippen molar-refractivity contribution in [3.63, 3.8) is 0 Å². The molecule has 0 radical (unpaired) electrons. The van der Waals surface area contributed by atoms with Crippen LogP contribution in [0.3, 0.4) is 0 Å². The fraction of sp³-hybridized carbons (Fsp3) is 0.167. The van der Waals surface area contributed by atoms with E-state index < -0.39 is 22.4 Å². The zero-order valence-corrected chi connectivity index (χ0v) is 10.6. The molecule has 0 atom stereocenters. The molecule has 1 aromatic carbocycles. The van der Waals surface area contributed by atoms with E-state index in [1.165, 1.54) is 19.9 Å². The topological polar surface area (TPSA) is 98.3 Å². The molecule has 1 heterocycles. The first-order chi connectivity index (χ1) is 9.31. The van der Waals surface area contributed by atoms with E-state index in [0.717, 1.165) is 16.9 Å². The smallest absolute Gasteiger partial charge is 0.339 e. The van der Waals surface area contributed by atoms with Crippen LogP contribution in [0.25, 0.3) is 5.69 Å². The van der Waals surface area contributed by atoms with E-state index >= 15 is 0 Å². The first-order valence-corrected chi connectivity index (χ1v) is 5.55. The molecule has 0 saturated heterocycles. The van der Waals surface area contributed by atoms with Gasteiger partial charge in [0.05, 0.1) is 16.7 Å². The molecule has 0 aliphatic rings. The minimum atomic E-state index is -1.18. The molecule has 0 unspecified atom stereocenters. The summed E-state index contributed by atoms with van der Waals surface area (Å²) in [5.74, 6) is -1.89. The molecular formula is C12H10FN3O4. The van der Waals surface area contributed by atoms with Gasteiger partial charge in [-0.15, -0.1) is 0 Å². The number of rotatable bonds is 3. The highest BCUT2D eigenvalue weighted by Crippen LogP contribution is 2.26. The van der Waals surface area contributed by atoms with Gasteiger partial charge in [-0.1, -0.05) is 0 Å². The highest BCUT2D eigenvalue weighted by atomic mass is 19.1. The van der Waals surface area contributed by atoms with Crippen molar-refractivity contribution in [3.05, 3.63) is 51.1 Å². The molecule has 0 amide bonds. The highest BCUT2D eigenvalue weighted by Gasteiger charge is 2.21. The normalized spacial score (nSPS) is 10.6. The lowest BCUT2D eigenvalue weighted by Gasteiger charge is -2.05. The SMILES string of the molecule is Cc1cc(-n2cc(C(=O)O)c(C)n2)c([N+](=O)[O-])cc1F. The van der Waals surface area contributed by atoms with E-state index in [0.29, 0.717) is 0 Å². The summed E-state index contributed by atoms with van der Waals surface area (Å²) in [6.45, 7) is 2.93. The van der Waals surface area contributed by atoms with Gasteiger partial charge in [-0.3, -0.25) is 10.1 Å². The number of aryl methyl sites for hydroxylation is 2. The maximum Gasteiger partial charge on any atom is 0.339 e. The quantitative estimate of drug-likeness (QED) is 0.686. The summed E-state index contributed by atoms with van der Waals surface area (Å²) in [5.41, 5.74) is -0.109. The van der Waals surface area contributed by atoms with Gasteiger partial charge in [0.2, 0.25) is 0 Å². The van der Waals surface area contributed by atoms with Crippen molar-refractivity contribution < 1.29 is 19.2 Å². The minimum Gasteiger partial charge on any atom is -0.478 e. The monoisotopic (exact) mass is 279 g/mol. The van der Waals surface area contributed by atoms with Crippen molar-refractivity contribution in [1.29, 1.82) is 0 Å². The zero-order chi connectivity index (χ0) is 15.0. The van der Waals surface area contributed by atoms with Crippen LogP contribution in [0, 0.1) is 29.8 Å². The molecule has 0 bridgehead atoms. The van der Waals surface area contributed by atoms with Gasteiger partial charge in [0.25, 0.3) is 5.69 Å². The van der Waals surface area contributed by atoms with E-state index in [9.17, 15) is 19.3 Å². The summed E-state index contributed by atoms with van der Waals surface area (Å²) in [4.78, 5) is 21.2. The average molecular weight is 279 g/mol. The summed E-state index contributed by atoms with van der Waals surface area (Å²) in [5, 5.41) is 23.8. The highest BCUT2D eigenvalue weighted by molar-refractivity contribution is 5.88. The van der Waals surface area contributed by atoms with Gasteiger partial charge in [-0.25, -0.2) is 13.9 Å². The second kappa shape index (κ2) is 4.72. The van der Waals surface area contributed by atoms with Gasteiger partial charge in [0, 0.05) is 6.20 Å². The van der Waals surface area contributed by atoms with Crippen molar-refractivity contribution in [2.75, 3.05) is 0 Å². The molecule has 20 heavy (non-hydrogen) atoms. The molecular weight excluding hydrogens is 269 g/mol. The molecule has 0 saturated carbocycles. The summed E-state index contributed by atoms with van der Waals surface area (Å²) in [6.07, 6.45) is 1.16. The van der Waals surface area contributed by atoms with Crippen LogP contribution in [0.2, 0.25) is 0 Å². The Balaban J connectivity index is 2.68. The molecule has 2 aromatic rings. The van der Waals surface area contributed by atoms with Crippen LogP contribution in [-0.2, 0) is 0 Å². The number of nitrogens with zero attached hydrogens (tertiary/aromatic N) is 3. The number of aromatic carboxylic acids is 1. The van der Waals surface area contributed by atoms with Gasteiger partial charge >= 0.3 is 5.97 Å². The second-order valence-electron chi connectivity index (χ2n) is 4.23. The van der Waals surface area contributed by atoms with E-state index in [1.807, 2.05) is 0 Å². The Labute approximate surface area is 112 Å². The number of carboxylic acids is 1. The predicted octanol–water partition coefficient (Wildman–Crippen LogP) is 2.23. The standard InChI is InChI=1S/C12H10FN3O4/c1-6-3-10(11(16(19)20)4-9(6)13)15-5-8(12(17)18)7(2)14-15/h3-5H,1-2H3,(H,17,18). The second-order valence-corrected chi connectivity index (χ2v) is 4.23. The first-order valence-electron chi connectivity index (χ1n) is 5.55. The third-order valence-corrected chi connectivity index (χ3v) is 2.83. The maximum absolute atomic E-state index is 13.4. The number of nitro groups is 1. The molecule has 2 rings (SSSR count). The Kier molecular flexibility index (Phi) is 3.23. The molecule has 104 valence electrons. The van der Waals surface area contributed by atoms with Gasteiger partial charge in [0.15, 0.2) is 0 Å². The number of nitro benzene ring substituents is 1. The molecule has 1 aromatic heterocycles. The number of hydrogen-bond acceptors (Lipinski definition) is 4.